The van der Waals surface area contributed by atoms with Crippen LogP contribution < -0.4 is 0 Å². The van der Waals surface area contributed by atoms with Crippen molar-refractivity contribution in [1.29, 1.82) is 0 Å². The van der Waals surface area contributed by atoms with Gasteiger partial charge in [-0.25, -0.2) is 15.0 Å². The summed E-state index contributed by atoms with van der Waals surface area (Å²) in [5, 5.41) is 7.03. The molecule has 10 rings (SSSR count). The lowest BCUT2D eigenvalue weighted by atomic mass is 9.99. The minimum Gasteiger partial charge on any atom is -0.455 e. The third-order valence-electron chi connectivity index (χ3n) is 9.13. The summed E-state index contributed by atoms with van der Waals surface area (Å²) in [6.45, 7) is 0. The van der Waals surface area contributed by atoms with Crippen molar-refractivity contribution >= 4 is 64.4 Å². The Morgan fingerprint density at radius 3 is 1.98 bits per heavy atom. The van der Waals surface area contributed by atoms with Crippen LogP contribution in [0.25, 0.3) is 98.2 Å². The van der Waals surface area contributed by atoms with E-state index in [-0.39, 0.29) is 0 Å². The van der Waals surface area contributed by atoms with Gasteiger partial charge in [0.25, 0.3) is 0 Å². The van der Waals surface area contributed by atoms with E-state index in [1.54, 1.807) is 11.3 Å². The van der Waals surface area contributed by atoms with E-state index in [0.717, 1.165) is 71.5 Å². The van der Waals surface area contributed by atoms with Gasteiger partial charge in [0, 0.05) is 53.9 Å². The minimum atomic E-state index is 0.670. The van der Waals surface area contributed by atoms with Crippen molar-refractivity contribution in [1.82, 2.24) is 15.0 Å². The number of rotatable bonds is 4. The molecule has 0 N–H and O–H groups in total. The van der Waals surface area contributed by atoms with Gasteiger partial charge in [0.2, 0.25) is 0 Å². The molecule has 0 aliphatic carbocycles. The van der Waals surface area contributed by atoms with Crippen molar-refractivity contribution < 1.29 is 4.42 Å². The average Bonchev–Trinajstić information content (AvgIpc) is 3.73. The van der Waals surface area contributed by atoms with E-state index in [9.17, 15) is 0 Å². The van der Waals surface area contributed by atoms with Crippen LogP contribution in [-0.2, 0) is 0 Å². The zero-order valence-electron chi connectivity index (χ0n) is 25.6. The lowest BCUT2D eigenvalue weighted by Gasteiger charge is -2.11. The van der Waals surface area contributed by atoms with Gasteiger partial charge < -0.3 is 4.42 Å². The molecule has 6 aromatic carbocycles. The minimum absolute atomic E-state index is 0.670. The van der Waals surface area contributed by atoms with Gasteiger partial charge in [0.1, 0.15) is 16.0 Å². The second kappa shape index (κ2) is 10.7. The maximum atomic E-state index is 6.41. The highest BCUT2D eigenvalue weighted by Gasteiger charge is 2.18. The second-order valence-electron chi connectivity index (χ2n) is 12.0. The van der Waals surface area contributed by atoms with E-state index in [1.165, 1.54) is 20.9 Å². The Morgan fingerprint density at radius 2 is 1.12 bits per heavy atom. The number of pyridine rings is 1. The number of hydrogen-bond acceptors (Lipinski definition) is 5. The van der Waals surface area contributed by atoms with Crippen molar-refractivity contribution in [3.63, 3.8) is 0 Å². The molecule has 5 heteroatoms. The fraction of sp³-hybridized carbons (Fsp3) is 0. The summed E-state index contributed by atoms with van der Waals surface area (Å²) in [4.78, 5) is 16.5. The Hall–Kier alpha value is -6.17. The van der Waals surface area contributed by atoms with Gasteiger partial charge in [0.05, 0.1) is 17.1 Å². The molecule has 0 unspecified atom stereocenters. The normalized spacial score (nSPS) is 11.8. The predicted octanol–water partition coefficient (Wildman–Crippen LogP) is 12.0. The van der Waals surface area contributed by atoms with Gasteiger partial charge in [-0.15, -0.1) is 11.3 Å². The van der Waals surface area contributed by atoms with Gasteiger partial charge in [-0.1, -0.05) is 127 Å². The molecule has 0 spiro atoms. The average molecular weight is 632 g/mol. The van der Waals surface area contributed by atoms with E-state index in [2.05, 4.69) is 115 Å². The molecule has 0 bridgehead atoms. The maximum absolute atomic E-state index is 6.41. The number of thiophene rings is 1. The van der Waals surface area contributed by atoms with E-state index in [0.29, 0.717) is 5.82 Å². The SMILES string of the molecule is c1ccc(-c2nc(-c3ccc(-c4nc5sc6ccccc6c5c5ccccc45)cc3)cc(-c3cccc4c3oc3ccccc34)n2)cc1. The Bertz CT molecular complexity index is 2830. The van der Waals surface area contributed by atoms with E-state index >= 15 is 0 Å². The lowest BCUT2D eigenvalue weighted by Crippen LogP contribution is -1.96. The number of nitrogens with zero attached hydrogens (tertiary/aromatic N) is 3. The van der Waals surface area contributed by atoms with E-state index < -0.39 is 0 Å². The molecular weight excluding hydrogens is 607 g/mol. The number of fused-ring (bicyclic) bond motifs is 8. The molecule has 48 heavy (non-hydrogen) atoms. The highest BCUT2D eigenvalue weighted by Crippen LogP contribution is 2.41. The predicted molar refractivity (Wildman–Crippen MR) is 199 cm³/mol. The Labute approximate surface area is 279 Å². The molecule has 224 valence electrons. The number of benzene rings is 6. The molecule has 0 radical (unpaired) electrons. The third-order valence-corrected chi connectivity index (χ3v) is 10.2. The maximum Gasteiger partial charge on any atom is 0.160 e. The monoisotopic (exact) mass is 631 g/mol. The smallest absolute Gasteiger partial charge is 0.160 e. The van der Waals surface area contributed by atoms with E-state index in [1.807, 2.05) is 36.4 Å². The second-order valence-corrected chi connectivity index (χ2v) is 13.0. The van der Waals surface area contributed by atoms with Crippen molar-refractivity contribution in [2.45, 2.75) is 0 Å². The molecule has 4 nitrogen and oxygen atoms in total. The van der Waals surface area contributed by atoms with E-state index in [4.69, 9.17) is 19.4 Å². The Morgan fingerprint density at radius 1 is 0.458 bits per heavy atom. The van der Waals surface area contributed by atoms with Crippen LogP contribution in [0, 0.1) is 0 Å². The number of para-hydroxylation sites is 2. The molecule has 0 aliphatic heterocycles. The molecule has 4 heterocycles. The number of hydrogen-bond donors (Lipinski definition) is 0. The van der Waals surface area contributed by atoms with Gasteiger partial charge >= 0.3 is 0 Å². The lowest BCUT2D eigenvalue weighted by molar-refractivity contribution is 0.670. The van der Waals surface area contributed by atoms with Crippen molar-refractivity contribution in [2.75, 3.05) is 0 Å². The zero-order valence-corrected chi connectivity index (χ0v) is 26.4. The molecule has 0 amide bonds. The molecule has 0 aliphatic rings. The standard InChI is InChI=1S/C43H25N3OS/c1-2-11-28(12-3-1)42-44-35(25-36(45-42)33-18-10-17-32-29-13-6-8-19-37(29)47-41(32)33)26-21-23-27(24-22-26)40-31-15-5-4-14-30(31)39-34-16-7-9-20-38(34)48-43(39)46-40/h1-25H. The fourth-order valence-electron chi connectivity index (χ4n) is 6.86. The summed E-state index contributed by atoms with van der Waals surface area (Å²) in [5.41, 5.74) is 8.31. The zero-order chi connectivity index (χ0) is 31.6. The molecular formula is C43H25N3OS. The highest BCUT2D eigenvalue weighted by molar-refractivity contribution is 7.25. The van der Waals surface area contributed by atoms with Gasteiger partial charge in [-0.3, -0.25) is 0 Å². The summed E-state index contributed by atoms with van der Waals surface area (Å²) in [7, 11) is 0. The van der Waals surface area contributed by atoms with Crippen molar-refractivity contribution in [3.8, 4) is 45.2 Å². The summed E-state index contributed by atoms with van der Waals surface area (Å²) in [6, 6.07) is 52.4. The van der Waals surface area contributed by atoms with Gasteiger partial charge in [-0.2, -0.15) is 0 Å². The van der Waals surface area contributed by atoms with Gasteiger partial charge in [0.15, 0.2) is 5.82 Å². The molecule has 10 aromatic rings. The first-order valence-corrected chi connectivity index (χ1v) is 16.8. The van der Waals surface area contributed by atoms with Crippen LogP contribution in [0.2, 0.25) is 0 Å². The third kappa shape index (κ3) is 4.25. The van der Waals surface area contributed by atoms with Crippen molar-refractivity contribution in [3.05, 3.63) is 152 Å². The molecule has 0 atom stereocenters. The largest absolute Gasteiger partial charge is 0.455 e. The number of aromatic nitrogens is 3. The first-order valence-electron chi connectivity index (χ1n) is 15.9. The first-order chi connectivity index (χ1) is 23.8. The molecule has 0 fully saturated rings. The molecule has 0 saturated heterocycles. The van der Waals surface area contributed by atoms with Crippen LogP contribution in [0.4, 0.5) is 0 Å². The first kappa shape index (κ1) is 27.0. The number of furan rings is 1. The van der Waals surface area contributed by atoms with Gasteiger partial charge in [-0.05, 0) is 29.7 Å². The summed E-state index contributed by atoms with van der Waals surface area (Å²) in [5.74, 6) is 0.670. The molecule has 0 saturated carbocycles. The quantitative estimate of drug-likeness (QED) is 0.194. The summed E-state index contributed by atoms with van der Waals surface area (Å²) >= 11 is 1.75. The van der Waals surface area contributed by atoms with Crippen LogP contribution in [0.1, 0.15) is 0 Å². The molecule has 4 aromatic heterocycles. The topological polar surface area (TPSA) is 51.8 Å². The van der Waals surface area contributed by atoms with Crippen LogP contribution in [-0.4, -0.2) is 15.0 Å². The summed E-state index contributed by atoms with van der Waals surface area (Å²) < 4.78 is 7.67. The van der Waals surface area contributed by atoms with Crippen LogP contribution in [0.5, 0.6) is 0 Å². The van der Waals surface area contributed by atoms with Crippen molar-refractivity contribution in [2.24, 2.45) is 0 Å². The Kier molecular flexibility index (Phi) is 6.01. The van der Waals surface area contributed by atoms with Crippen LogP contribution in [0.3, 0.4) is 0 Å². The Balaban J connectivity index is 1.13. The summed E-state index contributed by atoms with van der Waals surface area (Å²) in [6.07, 6.45) is 0. The fourth-order valence-corrected chi connectivity index (χ4v) is 7.95. The van der Waals surface area contributed by atoms with Crippen LogP contribution >= 0.6 is 11.3 Å². The highest BCUT2D eigenvalue weighted by atomic mass is 32.1. The van der Waals surface area contributed by atoms with Crippen LogP contribution in [0.15, 0.2) is 156 Å².